The van der Waals surface area contributed by atoms with E-state index in [0.29, 0.717) is 40.3 Å². The summed E-state index contributed by atoms with van der Waals surface area (Å²) in [6.45, 7) is 0.605. The maximum atomic E-state index is 13.4. The molecule has 0 saturated carbocycles. The summed E-state index contributed by atoms with van der Waals surface area (Å²) in [6.07, 6.45) is 2.24. The lowest BCUT2D eigenvalue weighted by molar-refractivity contribution is 0.451. The fourth-order valence-electron chi connectivity index (χ4n) is 3.16. The molecule has 2 aromatic carbocycles. The third kappa shape index (κ3) is 4.52. The number of anilines is 1. The molecule has 2 aromatic heterocycles. The molecule has 0 saturated heterocycles. The molecule has 7 heteroatoms. The summed E-state index contributed by atoms with van der Waals surface area (Å²) in [5.41, 5.74) is 3.35. The van der Waals surface area contributed by atoms with Gasteiger partial charge in [0.25, 0.3) is 0 Å². The van der Waals surface area contributed by atoms with Gasteiger partial charge < -0.3 is 15.4 Å². The predicted octanol–water partition coefficient (Wildman–Crippen LogP) is 5.37. The number of aromatic hydroxyl groups is 1. The molecule has 0 radical (unpaired) electrons. The maximum absolute atomic E-state index is 13.4. The van der Waals surface area contributed by atoms with Gasteiger partial charge in [0.15, 0.2) is 0 Å². The first-order valence-corrected chi connectivity index (χ1v) is 9.85. The highest BCUT2D eigenvalue weighted by molar-refractivity contribution is 7.71. The molecule has 150 valence electrons. The van der Waals surface area contributed by atoms with Gasteiger partial charge in [-0.25, -0.2) is 9.37 Å². The lowest BCUT2D eigenvalue weighted by atomic mass is 10.0. The molecule has 0 aliphatic heterocycles. The summed E-state index contributed by atoms with van der Waals surface area (Å²) >= 11 is 5.25. The van der Waals surface area contributed by atoms with Gasteiger partial charge in [-0.05, 0) is 42.0 Å². The molecule has 3 N–H and O–H groups in total. The van der Waals surface area contributed by atoms with Gasteiger partial charge in [-0.2, -0.15) is 4.98 Å². The standard InChI is InChI=1S/C23H19FN4OS/c24-17-8-6-15(7-9-17)21-22(16-10-12-26-20(30)14-16)27-19(28-23(21)29)11-13-25-18-4-2-1-3-5-18/h1-10,12,14,25H,11,13H2,(H,26,30)(H,27,28,29). The van der Waals surface area contributed by atoms with E-state index in [1.807, 2.05) is 36.4 Å². The number of pyridine rings is 1. The van der Waals surface area contributed by atoms with Crippen LogP contribution in [-0.4, -0.2) is 26.6 Å². The first kappa shape index (κ1) is 19.7. The molecule has 0 aliphatic carbocycles. The summed E-state index contributed by atoms with van der Waals surface area (Å²) in [7, 11) is 0. The normalized spacial score (nSPS) is 10.7. The van der Waals surface area contributed by atoms with Gasteiger partial charge in [-0.15, -0.1) is 0 Å². The molecule has 4 aromatic rings. The average molecular weight is 418 g/mol. The SMILES string of the molecule is Oc1nc(CCNc2ccccc2)nc(-c2cc[nH]c(=S)c2)c1-c1ccc(F)cc1. The highest BCUT2D eigenvalue weighted by Crippen LogP contribution is 2.36. The third-order valence-electron chi connectivity index (χ3n) is 4.57. The van der Waals surface area contributed by atoms with E-state index >= 15 is 0 Å². The lowest BCUT2D eigenvalue weighted by Gasteiger charge is -2.13. The minimum Gasteiger partial charge on any atom is -0.493 e. The molecule has 5 nitrogen and oxygen atoms in total. The van der Waals surface area contributed by atoms with Crippen LogP contribution in [0.25, 0.3) is 22.4 Å². The zero-order valence-corrected chi connectivity index (χ0v) is 16.8. The molecule has 0 bridgehead atoms. The number of halogens is 1. The number of rotatable bonds is 6. The van der Waals surface area contributed by atoms with Crippen molar-refractivity contribution in [2.45, 2.75) is 6.42 Å². The lowest BCUT2D eigenvalue weighted by Crippen LogP contribution is -2.09. The van der Waals surface area contributed by atoms with E-state index in [1.165, 1.54) is 12.1 Å². The van der Waals surface area contributed by atoms with Crippen LogP contribution in [0.1, 0.15) is 5.82 Å². The summed E-state index contributed by atoms with van der Waals surface area (Å²) in [4.78, 5) is 11.9. The summed E-state index contributed by atoms with van der Waals surface area (Å²) < 4.78 is 13.9. The molecule has 0 aliphatic rings. The van der Waals surface area contributed by atoms with Crippen molar-refractivity contribution in [2.24, 2.45) is 0 Å². The highest BCUT2D eigenvalue weighted by Gasteiger charge is 2.17. The van der Waals surface area contributed by atoms with E-state index in [4.69, 9.17) is 17.2 Å². The largest absolute Gasteiger partial charge is 0.493 e. The Morgan fingerprint density at radius 1 is 0.967 bits per heavy atom. The minimum atomic E-state index is -0.355. The second kappa shape index (κ2) is 8.84. The van der Waals surface area contributed by atoms with Crippen LogP contribution in [0.5, 0.6) is 5.88 Å². The third-order valence-corrected chi connectivity index (χ3v) is 4.80. The topological polar surface area (TPSA) is 73.8 Å². The summed E-state index contributed by atoms with van der Waals surface area (Å²) in [5.74, 6) is -0.0120. The number of H-pyrrole nitrogens is 1. The van der Waals surface area contributed by atoms with Gasteiger partial charge in [0, 0.05) is 30.4 Å². The second-order valence-corrected chi connectivity index (χ2v) is 7.12. The first-order chi connectivity index (χ1) is 14.6. The van der Waals surface area contributed by atoms with E-state index in [-0.39, 0.29) is 11.7 Å². The maximum Gasteiger partial charge on any atom is 0.222 e. The van der Waals surface area contributed by atoms with Crippen LogP contribution in [0.4, 0.5) is 10.1 Å². The van der Waals surface area contributed by atoms with Crippen molar-refractivity contribution in [1.29, 1.82) is 0 Å². The number of nitrogens with one attached hydrogen (secondary N) is 2. The van der Waals surface area contributed by atoms with Crippen molar-refractivity contribution in [1.82, 2.24) is 15.0 Å². The molecule has 0 spiro atoms. The highest BCUT2D eigenvalue weighted by atomic mass is 32.1. The molecule has 0 atom stereocenters. The number of para-hydroxylation sites is 1. The zero-order chi connectivity index (χ0) is 20.9. The smallest absolute Gasteiger partial charge is 0.222 e. The Bertz CT molecular complexity index is 1210. The van der Waals surface area contributed by atoms with Crippen LogP contribution in [-0.2, 0) is 6.42 Å². The fraction of sp³-hybridized carbons (Fsp3) is 0.0870. The molecule has 30 heavy (non-hydrogen) atoms. The molecule has 4 rings (SSSR count). The Morgan fingerprint density at radius 2 is 1.73 bits per heavy atom. The number of nitrogens with zero attached hydrogens (tertiary/aromatic N) is 2. The van der Waals surface area contributed by atoms with Crippen molar-refractivity contribution in [3.63, 3.8) is 0 Å². The Balaban J connectivity index is 1.71. The molecule has 0 fully saturated rings. The van der Waals surface area contributed by atoms with Gasteiger partial charge in [0.2, 0.25) is 5.88 Å². The molecular weight excluding hydrogens is 399 g/mol. The first-order valence-electron chi connectivity index (χ1n) is 9.44. The van der Waals surface area contributed by atoms with Crippen LogP contribution in [0.15, 0.2) is 72.9 Å². The average Bonchev–Trinajstić information content (AvgIpc) is 2.75. The Kier molecular flexibility index (Phi) is 5.81. The van der Waals surface area contributed by atoms with Crippen LogP contribution in [0.3, 0.4) is 0 Å². The van der Waals surface area contributed by atoms with Crippen LogP contribution >= 0.6 is 12.2 Å². The fourth-order valence-corrected chi connectivity index (χ4v) is 3.36. The van der Waals surface area contributed by atoms with Crippen molar-refractivity contribution >= 4 is 17.9 Å². The Labute approximate surface area is 178 Å². The quantitative estimate of drug-likeness (QED) is 0.367. The minimum absolute atomic E-state index is 0.153. The van der Waals surface area contributed by atoms with Gasteiger partial charge in [0.05, 0.1) is 11.3 Å². The number of benzene rings is 2. The van der Waals surface area contributed by atoms with E-state index in [2.05, 4.69) is 15.3 Å². The molecule has 0 unspecified atom stereocenters. The van der Waals surface area contributed by atoms with Gasteiger partial charge in [0.1, 0.15) is 16.3 Å². The van der Waals surface area contributed by atoms with Crippen molar-refractivity contribution in [3.05, 3.63) is 89.2 Å². The van der Waals surface area contributed by atoms with E-state index in [0.717, 1.165) is 11.3 Å². The molecular formula is C23H19FN4OS. The van der Waals surface area contributed by atoms with Gasteiger partial charge in [-0.1, -0.05) is 42.5 Å². The summed E-state index contributed by atoms with van der Waals surface area (Å²) in [6, 6.07) is 19.3. The van der Waals surface area contributed by atoms with Crippen molar-refractivity contribution in [3.8, 4) is 28.3 Å². The number of aromatic nitrogens is 3. The zero-order valence-electron chi connectivity index (χ0n) is 16.0. The van der Waals surface area contributed by atoms with Gasteiger partial charge >= 0.3 is 0 Å². The molecule has 2 heterocycles. The predicted molar refractivity (Wildman–Crippen MR) is 118 cm³/mol. The van der Waals surface area contributed by atoms with Crippen LogP contribution in [0.2, 0.25) is 0 Å². The van der Waals surface area contributed by atoms with Crippen LogP contribution < -0.4 is 5.32 Å². The van der Waals surface area contributed by atoms with E-state index < -0.39 is 0 Å². The summed E-state index contributed by atoms with van der Waals surface area (Å²) in [5, 5.41) is 14.1. The van der Waals surface area contributed by atoms with Crippen molar-refractivity contribution < 1.29 is 9.50 Å². The monoisotopic (exact) mass is 418 g/mol. The van der Waals surface area contributed by atoms with Gasteiger partial charge in [-0.3, -0.25) is 0 Å². The second-order valence-electron chi connectivity index (χ2n) is 6.68. The van der Waals surface area contributed by atoms with Crippen LogP contribution in [0, 0.1) is 10.5 Å². The van der Waals surface area contributed by atoms with Crippen molar-refractivity contribution in [2.75, 3.05) is 11.9 Å². The number of aromatic amines is 1. The molecule has 0 amide bonds. The Hall–Kier alpha value is -3.58. The number of hydrogen-bond acceptors (Lipinski definition) is 5. The van der Waals surface area contributed by atoms with E-state index in [1.54, 1.807) is 24.4 Å². The Morgan fingerprint density at radius 3 is 2.47 bits per heavy atom. The van der Waals surface area contributed by atoms with E-state index in [9.17, 15) is 9.50 Å². The number of hydrogen-bond donors (Lipinski definition) is 3.